The number of rotatable bonds is 7. The Balaban J connectivity index is 1.93. The second-order valence-corrected chi connectivity index (χ2v) is 6.57. The predicted octanol–water partition coefficient (Wildman–Crippen LogP) is 3.43. The van der Waals surface area contributed by atoms with Gasteiger partial charge < -0.3 is 10.4 Å². The quantitative estimate of drug-likeness (QED) is 0.819. The van der Waals surface area contributed by atoms with Gasteiger partial charge in [-0.15, -0.1) is 0 Å². The molecule has 0 aliphatic rings. The molecule has 2 rings (SSSR count). The summed E-state index contributed by atoms with van der Waals surface area (Å²) >= 11 is 0. The lowest BCUT2D eigenvalue weighted by molar-refractivity contribution is 0.236. The summed E-state index contributed by atoms with van der Waals surface area (Å²) in [7, 11) is 0. The minimum Gasteiger partial charge on any atom is -0.396 e. The van der Waals surface area contributed by atoms with E-state index < -0.39 is 0 Å². The number of aliphatic hydroxyl groups excluding tert-OH is 1. The van der Waals surface area contributed by atoms with Gasteiger partial charge in [-0.2, -0.15) is 0 Å². The van der Waals surface area contributed by atoms with Crippen LogP contribution < -0.4 is 5.32 Å². The van der Waals surface area contributed by atoms with Gasteiger partial charge in [0.25, 0.3) is 0 Å². The van der Waals surface area contributed by atoms with Crippen molar-refractivity contribution in [1.29, 1.82) is 0 Å². The highest BCUT2D eigenvalue weighted by molar-refractivity contribution is 5.79. The lowest BCUT2D eigenvalue weighted by Crippen LogP contribution is -2.29. The zero-order chi connectivity index (χ0) is 15.3. The topological polar surface area (TPSA) is 45.1 Å². The van der Waals surface area contributed by atoms with Crippen molar-refractivity contribution in [3.8, 4) is 0 Å². The molecule has 0 unspecified atom stereocenters. The molecular weight excluding hydrogens is 260 g/mol. The van der Waals surface area contributed by atoms with E-state index in [-0.39, 0.29) is 12.0 Å². The van der Waals surface area contributed by atoms with Crippen LogP contribution in [0.2, 0.25) is 0 Å². The first-order chi connectivity index (χ1) is 10.00. The molecule has 0 atom stereocenters. The number of hydrogen-bond donors (Lipinski definition) is 2. The standard InChI is InChI=1S/C18H26N2O/c1-14-5-7-16-11-15(6-8-17(16)20-14)12-19-13-18(2,3)9-4-10-21/h5-8,11,19,21H,4,9-10,12-13H2,1-3H3. The highest BCUT2D eigenvalue weighted by atomic mass is 16.2. The van der Waals surface area contributed by atoms with Gasteiger partial charge in [0.2, 0.25) is 0 Å². The summed E-state index contributed by atoms with van der Waals surface area (Å²) in [6.07, 6.45) is 1.91. The van der Waals surface area contributed by atoms with Crippen molar-refractivity contribution < 1.29 is 5.11 Å². The molecule has 0 bridgehead atoms. The van der Waals surface area contributed by atoms with Crippen LogP contribution in [0.25, 0.3) is 10.9 Å². The summed E-state index contributed by atoms with van der Waals surface area (Å²) in [6, 6.07) is 10.6. The van der Waals surface area contributed by atoms with Gasteiger partial charge in [0.05, 0.1) is 5.52 Å². The van der Waals surface area contributed by atoms with Crippen LogP contribution in [0.15, 0.2) is 30.3 Å². The van der Waals surface area contributed by atoms with Crippen molar-refractivity contribution in [1.82, 2.24) is 10.3 Å². The zero-order valence-electron chi connectivity index (χ0n) is 13.3. The molecule has 2 N–H and O–H groups in total. The summed E-state index contributed by atoms with van der Waals surface area (Å²) in [6.45, 7) is 8.60. The molecule has 0 amide bonds. The Labute approximate surface area is 127 Å². The number of fused-ring (bicyclic) bond motifs is 1. The van der Waals surface area contributed by atoms with Crippen LogP contribution in [0.3, 0.4) is 0 Å². The summed E-state index contributed by atoms with van der Waals surface area (Å²) in [5, 5.41) is 13.6. The smallest absolute Gasteiger partial charge is 0.0705 e. The molecular formula is C18H26N2O. The number of aliphatic hydroxyl groups is 1. The van der Waals surface area contributed by atoms with Crippen LogP contribution in [-0.4, -0.2) is 23.2 Å². The number of aryl methyl sites for hydroxylation is 1. The molecule has 0 radical (unpaired) electrons. The first kappa shape index (κ1) is 15.9. The molecule has 114 valence electrons. The molecule has 21 heavy (non-hydrogen) atoms. The van der Waals surface area contributed by atoms with E-state index in [1.165, 1.54) is 10.9 Å². The second kappa shape index (κ2) is 7.01. The van der Waals surface area contributed by atoms with E-state index in [0.717, 1.165) is 37.1 Å². The minimum absolute atomic E-state index is 0.220. The maximum Gasteiger partial charge on any atom is 0.0705 e. The number of hydrogen-bond acceptors (Lipinski definition) is 3. The molecule has 3 nitrogen and oxygen atoms in total. The monoisotopic (exact) mass is 286 g/mol. The Bertz CT molecular complexity index is 593. The normalized spacial score (nSPS) is 12.0. The van der Waals surface area contributed by atoms with Crippen molar-refractivity contribution in [2.24, 2.45) is 5.41 Å². The maximum atomic E-state index is 8.93. The van der Waals surface area contributed by atoms with Gasteiger partial charge in [-0.25, -0.2) is 0 Å². The van der Waals surface area contributed by atoms with Crippen LogP contribution in [0.4, 0.5) is 0 Å². The third-order valence-electron chi connectivity index (χ3n) is 3.84. The molecule has 0 saturated heterocycles. The van der Waals surface area contributed by atoms with Gasteiger partial charge >= 0.3 is 0 Å². The number of benzene rings is 1. The third kappa shape index (κ3) is 4.80. The highest BCUT2D eigenvalue weighted by Crippen LogP contribution is 2.21. The van der Waals surface area contributed by atoms with E-state index in [2.05, 4.69) is 54.5 Å². The lowest BCUT2D eigenvalue weighted by Gasteiger charge is -2.24. The van der Waals surface area contributed by atoms with E-state index >= 15 is 0 Å². The van der Waals surface area contributed by atoms with Gasteiger partial charge in [0.15, 0.2) is 0 Å². The molecule has 2 aromatic rings. The van der Waals surface area contributed by atoms with Gasteiger partial charge in [-0.05, 0) is 48.9 Å². The molecule has 0 saturated carbocycles. The van der Waals surface area contributed by atoms with Crippen molar-refractivity contribution in [2.45, 2.75) is 40.2 Å². The molecule has 1 aromatic carbocycles. The molecule has 0 aliphatic heterocycles. The first-order valence-electron chi connectivity index (χ1n) is 7.68. The average molecular weight is 286 g/mol. The van der Waals surface area contributed by atoms with Crippen LogP contribution >= 0.6 is 0 Å². The fraction of sp³-hybridized carbons (Fsp3) is 0.500. The van der Waals surface area contributed by atoms with E-state index in [4.69, 9.17) is 5.11 Å². The van der Waals surface area contributed by atoms with Crippen molar-refractivity contribution >= 4 is 10.9 Å². The van der Waals surface area contributed by atoms with Crippen LogP contribution in [0, 0.1) is 12.3 Å². The molecule has 1 heterocycles. The Morgan fingerprint density at radius 2 is 2.00 bits per heavy atom. The Morgan fingerprint density at radius 1 is 1.19 bits per heavy atom. The first-order valence-corrected chi connectivity index (χ1v) is 7.68. The van der Waals surface area contributed by atoms with Crippen molar-refractivity contribution in [3.63, 3.8) is 0 Å². The van der Waals surface area contributed by atoms with E-state index in [0.29, 0.717) is 0 Å². The summed E-state index contributed by atoms with van der Waals surface area (Å²) in [4.78, 5) is 4.53. The van der Waals surface area contributed by atoms with E-state index in [1.54, 1.807) is 0 Å². The fourth-order valence-electron chi connectivity index (χ4n) is 2.58. The molecule has 0 spiro atoms. The summed E-state index contributed by atoms with van der Waals surface area (Å²) < 4.78 is 0. The molecule has 0 aliphatic carbocycles. The van der Waals surface area contributed by atoms with Crippen molar-refractivity contribution in [3.05, 3.63) is 41.6 Å². The zero-order valence-corrected chi connectivity index (χ0v) is 13.3. The minimum atomic E-state index is 0.220. The lowest BCUT2D eigenvalue weighted by atomic mass is 9.88. The van der Waals surface area contributed by atoms with Gasteiger partial charge in [0.1, 0.15) is 0 Å². The van der Waals surface area contributed by atoms with E-state index in [9.17, 15) is 0 Å². The number of nitrogens with one attached hydrogen (secondary N) is 1. The third-order valence-corrected chi connectivity index (χ3v) is 3.84. The molecule has 1 aromatic heterocycles. The van der Waals surface area contributed by atoms with Gasteiger partial charge in [-0.1, -0.05) is 26.0 Å². The predicted molar refractivity (Wildman–Crippen MR) is 88.3 cm³/mol. The maximum absolute atomic E-state index is 8.93. The largest absolute Gasteiger partial charge is 0.396 e. The fourth-order valence-corrected chi connectivity index (χ4v) is 2.58. The number of aromatic nitrogens is 1. The van der Waals surface area contributed by atoms with E-state index in [1.807, 2.05) is 6.92 Å². The number of pyridine rings is 1. The van der Waals surface area contributed by atoms with Crippen molar-refractivity contribution in [2.75, 3.05) is 13.2 Å². The number of nitrogens with zero attached hydrogens (tertiary/aromatic N) is 1. The molecule has 3 heteroatoms. The Morgan fingerprint density at radius 3 is 2.76 bits per heavy atom. The highest BCUT2D eigenvalue weighted by Gasteiger charge is 2.16. The summed E-state index contributed by atoms with van der Waals surface area (Å²) in [5.74, 6) is 0. The van der Waals surface area contributed by atoms with Gasteiger partial charge in [0, 0.05) is 30.8 Å². The molecule has 0 fully saturated rings. The average Bonchev–Trinajstić information content (AvgIpc) is 2.45. The van der Waals surface area contributed by atoms with Crippen LogP contribution in [-0.2, 0) is 6.54 Å². The second-order valence-electron chi connectivity index (χ2n) is 6.57. The Hall–Kier alpha value is -1.45. The van der Waals surface area contributed by atoms with Gasteiger partial charge in [-0.3, -0.25) is 4.98 Å². The van der Waals surface area contributed by atoms with Crippen LogP contribution in [0.1, 0.15) is 37.9 Å². The summed E-state index contributed by atoms with van der Waals surface area (Å²) in [5.41, 5.74) is 3.62. The van der Waals surface area contributed by atoms with Crippen LogP contribution in [0.5, 0.6) is 0 Å². The SMILES string of the molecule is Cc1ccc2cc(CNCC(C)(C)CCCO)ccc2n1. The Kier molecular flexibility index (Phi) is 5.32.